The number of hydrogen-bond donors (Lipinski definition) is 2. The van der Waals surface area contributed by atoms with Crippen molar-refractivity contribution in [1.29, 1.82) is 0 Å². The predicted molar refractivity (Wildman–Crippen MR) is 86.7 cm³/mol. The molecule has 22 heavy (non-hydrogen) atoms. The van der Waals surface area contributed by atoms with Gasteiger partial charge >= 0.3 is 0 Å². The van der Waals surface area contributed by atoms with Crippen molar-refractivity contribution in [3.05, 3.63) is 35.2 Å². The molecule has 0 aliphatic carbocycles. The fourth-order valence-corrected chi connectivity index (χ4v) is 2.53. The quantitative estimate of drug-likeness (QED) is 0.818. The maximum Gasteiger partial charge on any atom is 0.220 e. The van der Waals surface area contributed by atoms with Crippen molar-refractivity contribution in [2.45, 2.75) is 33.6 Å². The zero-order valence-corrected chi connectivity index (χ0v) is 13.7. The third kappa shape index (κ3) is 4.08. The van der Waals surface area contributed by atoms with E-state index in [0.29, 0.717) is 25.1 Å². The minimum absolute atomic E-state index is 0.0212. The first-order valence-electron chi connectivity index (χ1n) is 7.50. The van der Waals surface area contributed by atoms with Crippen molar-refractivity contribution in [1.82, 2.24) is 5.32 Å². The van der Waals surface area contributed by atoms with E-state index in [4.69, 9.17) is 4.74 Å². The number of ether oxygens (including phenoxy) is 1. The second kappa shape index (κ2) is 6.50. The van der Waals surface area contributed by atoms with Gasteiger partial charge in [0.15, 0.2) is 0 Å². The van der Waals surface area contributed by atoms with Crippen molar-refractivity contribution in [2.75, 3.05) is 13.7 Å². The van der Waals surface area contributed by atoms with Crippen molar-refractivity contribution in [2.24, 2.45) is 5.41 Å². The second-order valence-corrected chi connectivity index (χ2v) is 6.78. The average Bonchev–Trinajstić information content (AvgIpc) is 2.73. The predicted octanol–water partition coefficient (Wildman–Crippen LogP) is 2.01. The van der Waals surface area contributed by atoms with E-state index in [1.54, 1.807) is 25.4 Å². The second-order valence-electron chi connectivity index (χ2n) is 6.78. The van der Waals surface area contributed by atoms with Crippen LogP contribution in [0.2, 0.25) is 0 Å². The Morgan fingerprint density at radius 3 is 2.73 bits per heavy atom. The van der Waals surface area contributed by atoms with Gasteiger partial charge in [0.2, 0.25) is 5.91 Å². The van der Waals surface area contributed by atoms with E-state index in [9.17, 15) is 10.0 Å². The summed E-state index contributed by atoms with van der Waals surface area (Å²) >= 11 is 0. The average molecular weight is 304 g/mol. The molecule has 120 valence electrons. The van der Waals surface area contributed by atoms with Crippen LogP contribution >= 0.6 is 0 Å². The van der Waals surface area contributed by atoms with Gasteiger partial charge in [0.1, 0.15) is 17.6 Å². The molecular weight excluding hydrogens is 280 g/mol. The maximum atomic E-state index is 12.0. The van der Waals surface area contributed by atoms with Crippen molar-refractivity contribution >= 4 is 17.2 Å². The number of fused-ring (bicyclic) bond motifs is 1. The van der Waals surface area contributed by atoms with Gasteiger partial charge in [-0.1, -0.05) is 20.8 Å². The molecule has 1 aromatic rings. The highest BCUT2D eigenvalue weighted by molar-refractivity contribution is 5.78. The van der Waals surface area contributed by atoms with Crippen molar-refractivity contribution < 1.29 is 14.6 Å². The van der Waals surface area contributed by atoms with Crippen molar-refractivity contribution in [3.8, 4) is 5.75 Å². The first-order valence-corrected chi connectivity index (χ1v) is 7.50. The molecule has 2 rings (SSSR count). The normalized spacial score (nSPS) is 17.0. The van der Waals surface area contributed by atoms with Crippen LogP contribution in [0.15, 0.2) is 24.4 Å². The molecule has 0 saturated heterocycles. The van der Waals surface area contributed by atoms with Crippen LogP contribution in [0.4, 0.5) is 5.69 Å². The smallest absolute Gasteiger partial charge is 0.220 e. The summed E-state index contributed by atoms with van der Waals surface area (Å²) in [6, 6.07) is 5.46. The topological polar surface area (TPSA) is 65.8 Å². The largest absolute Gasteiger partial charge is 0.624 e. The minimum atomic E-state index is -0.0212. The minimum Gasteiger partial charge on any atom is -0.624 e. The zero-order chi connectivity index (χ0) is 16.3. The van der Waals surface area contributed by atoms with Gasteiger partial charge in [0.05, 0.1) is 7.11 Å². The van der Waals surface area contributed by atoms with E-state index in [1.165, 1.54) is 0 Å². The van der Waals surface area contributed by atoms with E-state index in [2.05, 4.69) is 5.32 Å². The molecule has 1 aromatic carbocycles. The highest BCUT2D eigenvalue weighted by Crippen LogP contribution is 2.30. The van der Waals surface area contributed by atoms with Crippen LogP contribution in [0.5, 0.6) is 5.75 Å². The van der Waals surface area contributed by atoms with E-state index in [1.807, 2.05) is 26.8 Å². The number of rotatable bonds is 5. The van der Waals surface area contributed by atoms with Crippen LogP contribution in [0.3, 0.4) is 0 Å². The Labute approximate surface area is 131 Å². The summed E-state index contributed by atoms with van der Waals surface area (Å²) in [5.74, 6) is 0.777. The third-order valence-electron chi connectivity index (χ3n) is 3.55. The van der Waals surface area contributed by atoms with Gasteiger partial charge in [-0.05, 0) is 24.0 Å². The Morgan fingerprint density at radius 2 is 2.09 bits per heavy atom. The van der Waals surface area contributed by atoms with Gasteiger partial charge in [0, 0.05) is 30.2 Å². The number of hydrogen-bond acceptors (Lipinski definition) is 3. The molecule has 0 radical (unpaired) electrons. The molecule has 0 spiro atoms. The summed E-state index contributed by atoms with van der Waals surface area (Å²) in [6.07, 6.45) is 2.79. The zero-order valence-electron chi connectivity index (χ0n) is 13.7. The Morgan fingerprint density at radius 1 is 1.36 bits per heavy atom. The van der Waals surface area contributed by atoms with Gasteiger partial charge in [-0.15, -0.1) is 0 Å². The first-order chi connectivity index (χ1) is 10.3. The SMILES string of the molecule is COc1ccc2c(c1)C(CCNC(=O)CC(C)(C)C)=C[NH+]2[O-]. The van der Waals surface area contributed by atoms with Crippen LogP contribution in [0, 0.1) is 10.6 Å². The summed E-state index contributed by atoms with van der Waals surface area (Å²) in [5, 5.41) is 14.9. The monoisotopic (exact) mass is 304 g/mol. The molecule has 2 N–H and O–H groups in total. The first kappa shape index (κ1) is 16.5. The van der Waals surface area contributed by atoms with Gasteiger partial charge in [-0.2, -0.15) is 0 Å². The maximum absolute atomic E-state index is 12.0. The molecule has 1 aliphatic rings. The lowest BCUT2D eigenvalue weighted by Gasteiger charge is -2.17. The third-order valence-corrected chi connectivity index (χ3v) is 3.55. The van der Waals surface area contributed by atoms with Gasteiger partial charge < -0.3 is 20.3 Å². The summed E-state index contributed by atoms with van der Waals surface area (Å²) in [4.78, 5) is 11.8. The fraction of sp³-hybridized carbons (Fsp3) is 0.471. The van der Waals surface area contributed by atoms with Crippen LogP contribution in [0.1, 0.15) is 39.2 Å². The van der Waals surface area contributed by atoms with E-state index in [-0.39, 0.29) is 16.4 Å². The number of carbonyl (C=O) groups is 1. The number of hydroxylamine groups is 1. The Hall–Kier alpha value is -1.85. The van der Waals surface area contributed by atoms with E-state index < -0.39 is 0 Å². The summed E-state index contributed by atoms with van der Waals surface area (Å²) in [6.45, 7) is 6.64. The molecule has 0 aromatic heterocycles. The van der Waals surface area contributed by atoms with Gasteiger partial charge in [0.25, 0.3) is 0 Å². The number of nitrogens with one attached hydrogen (secondary N) is 2. The molecule has 5 heteroatoms. The number of amides is 1. The lowest BCUT2D eigenvalue weighted by atomic mass is 9.92. The van der Waals surface area contributed by atoms with E-state index in [0.717, 1.165) is 16.9 Å². The Kier molecular flexibility index (Phi) is 4.88. The number of methoxy groups -OCH3 is 1. The standard InChI is InChI=1S/C17H24N2O3/c1-17(2,3)10-16(20)18-8-7-12-11-19(21)15-6-5-13(22-4)9-14(12)15/h5-6,9,11,19H,7-8,10H2,1-4H3,(H,18,20). The lowest BCUT2D eigenvalue weighted by molar-refractivity contribution is -0.710. The molecule has 1 heterocycles. The summed E-state index contributed by atoms with van der Waals surface area (Å²) in [5.41, 5.74) is 2.55. The van der Waals surface area contributed by atoms with Crippen molar-refractivity contribution in [3.63, 3.8) is 0 Å². The van der Waals surface area contributed by atoms with Crippen LogP contribution < -0.4 is 15.1 Å². The Bertz CT molecular complexity index is 588. The van der Waals surface area contributed by atoms with Crippen LogP contribution in [-0.4, -0.2) is 19.6 Å². The highest BCUT2D eigenvalue weighted by atomic mass is 16.5. The van der Waals surface area contributed by atoms with E-state index >= 15 is 0 Å². The highest BCUT2D eigenvalue weighted by Gasteiger charge is 2.22. The number of carbonyl (C=O) groups excluding carboxylic acids is 1. The fourth-order valence-electron chi connectivity index (χ4n) is 2.53. The van der Waals surface area contributed by atoms with Gasteiger partial charge in [-0.25, -0.2) is 0 Å². The molecular formula is C17H24N2O3. The molecule has 0 fully saturated rings. The lowest BCUT2D eigenvalue weighted by Crippen LogP contribution is -2.95. The number of benzene rings is 1. The van der Waals surface area contributed by atoms with Crippen LogP contribution in [-0.2, 0) is 4.79 Å². The molecule has 1 amide bonds. The number of quaternary nitrogens is 1. The summed E-state index contributed by atoms with van der Waals surface area (Å²) < 4.78 is 5.21. The van der Waals surface area contributed by atoms with Gasteiger partial charge in [-0.3, -0.25) is 4.79 Å². The molecule has 5 nitrogen and oxygen atoms in total. The molecule has 1 aliphatic heterocycles. The Balaban J connectivity index is 1.95. The summed E-state index contributed by atoms with van der Waals surface area (Å²) in [7, 11) is 1.61. The molecule has 1 atom stereocenters. The molecule has 0 bridgehead atoms. The molecule has 1 unspecified atom stereocenters. The molecule has 0 saturated carbocycles. The van der Waals surface area contributed by atoms with Crippen LogP contribution in [0.25, 0.3) is 5.57 Å².